The first-order valence-electron chi connectivity index (χ1n) is 6.27. The molecule has 0 radical (unpaired) electrons. The quantitative estimate of drug-likeness (QED) is 0.773. The van der Waals surface area contributed by atoms with Crippen LogP contribution in [0, 0.1) is 0 Å². The SMILES string of the molecule is O=C(O)c1cc(Oc2ccccc2)c2ccc(=O)[nH]c2c1. The topological polar surface area (TPSA) is 79.4 Å². The van der Waals surface area contributed by atoms with Gasteiger partial charge in [-0.05, 0) is 30.3 Å². The molecular weight excluding hydrogens is 270 g/mol. The first kappa shape index (κ1) is 12.9. The lowest BCUT2D eigenvalue weighted by atomic mass is 10.1. The Hall–Kier alpha value is -3.08. The molecule has 3 aromatic rings. The predicted octanol–water partition coefficient (Wildman–Crippen LogP) is 3.02. The maximum absolute atomic E-state index is 11.4. The van der Waals surface area contributed by atoms with E-state index in [0.717, 1.165) is 0 Å². The largest absolute Gasteiger partial charge is 0.478 e. The van der Waals surface area contributed by atoms with Gasteiger partial charge in [0.1, 0.15) is 11.5 Å². The van der Waals surface area contributed by atoms with Crippen LogP contribution in [-0.4, -0.2) is 16.1 Å². The average molecular weight is 281 g/mol. The van der Waals surface area contributed by atoms with E-state index in [9.17, 15) is 9.59 Å². The normalized spacial score (nSPS) is 10.5. The Labute approximate surface area is 119 Å². The Bertz CT molecular complexity index is 868. The van der Waals surface area contributed by atoms with Gasteiger partial charge in [0.25, 0.3) is 0 Å². The Kier molecular flexibility index (Phi) is 3.16. The second-order valence-electron chi connectivity index (χ2n) is 4.48. The van der Waals surface area contributed by atoms with Gasteiger partial charge in [-0.3, -0.25) is 4.79 Å². The number of benzene rings is 2. The van der Waals surface area contributed by atoms with Crippen molar-refractivity contribution in [1.82, 2.24) is 4.98 Å². The highest BCUT2D eigenvalue weighted by molar-refractivity contribution is 5.96. The molecule has 0 aliphatic carbocycles. The van der Waals surface area contributed by atoms with Gasteiger partial charge < -0.3 is 14.8 Å². The second kappa shape index (κ2) is 5.13. The van der Waals surface area contributed by atoms with Crippen LogP contribution in [0.25, 0.3) is 10.9 Å². The van der Waals surface area contributed by atoms with Gasteiger partial charge in [-0.25, -0.2) is 4.79 Å². The van der Waals surface area contributed by atoms with Gasteiger partial charge in [-0.15, -0.1) is 0 Å². The molecule has 3 rings (SSSR count). The number of rotatable bonds is 3. The molecule has 0 saturated carbocycles. The summed E-state index contributed by atoms with van der Waals surface area (Å²) in [4.78, 5) is 25.2. The fourth-order valence-electron chi connectivity index (χ4n) is 2.06. The number of ether oxygens (including phenoxy) is 1. The number of hydrogen-bond donors (Lipinski definition) is 2. The summed E-state index contributed by atoms with van der Waals surface area (Å²) in [6.45, 7) is 0. The summed E-state index contributed by atoms with van der Waals surface area (Å²) in [5, 5.41) is 9.80. The molecule has 2 aromatic carbocycles. The standard InChI is InChI=1S/C16H11NO4/c18-15-7-6-12-13(17-15)8-10(16(19)20)9-14(12)21-11-4-2-1-3-5-11/h1-9H,(H,17,18)(H,19,20). The summed E-state index contributed by atoms with van der Waals surface area (Å²) >= 11 is 0. The molecule has 0 fully saturated rings. The Balaban J connectivity index is 2.19. The minimum absolute atomic E-state index is 0.0512. The zero-order valence-corrected chi connectivity index (χ0v) is 10.9. The molecule has 2 N–H and O–H groups in total. The third-order valence-corrected chi connectivity index (χ3v) is 3.02. The molecule has 0 spiro atoms. The van der Waals surface area contributed by atoms with Crippen LogP contribution in [0.2, 0.25) is 0 Å². The number of H-pyrrole nitrogens is 1. The number of carboxylic acids is 1. The van der Waals surface area contributed by atoms with E-state index in [4.69, 9.17) is 9.84 Å². The zero-order valence-electron chi connectivity index (χ0n) is 10.9. The Morgan fingerprint density at radius 1 is 1.05 bits per heavy atom. The lowest BCUT2D eigenvalue weighted by Gasteiger charge is -2.10. The monoisotopic (exact) mass is 281 g/mol. The van der Waals surface area contributed by atoms with Crippen molar-refractivity contribution in [3.8, 4) is 11.5 Å². The summed E-state index contributed by atoms with van der Waals surface area (Å²) in [5.41, 5.74) is 0.180. The second-order valence-corrected chi connectivity index (χ2v) is 4.48. The number of hydrogen-bond acceptors (Lipinski definition) is 3. The van der Waals surface area contributed by atoms with Crippen LogP contribution in [0.5, 0.6) is 11.5 Å². The summed E-state index contributed by atoms with van der Waals surface area (Å²) < 4.78 is 5.74. The van der Waals surface area contributed by atoms with Crippen molar-refractivity contribution in [2.75, 3.05) is 0 Å². The third kappa shape index (κ3) is 2.62. The van der Waals surface area contributed by atoms with Gasteiger partial charge in [0.05, 0.1) is 11.1 Å². The number of aromatic nitrogens is 1. The molecule has 104 valence electrons. The number of nitrogens with one attached hydrogen (secondary N) is 1. The van der Waals surface area contributed by atoms with E-state index < -0.39 is 5.97 Å². The molecule has 1 aromatic heterocycles. The molecular formula is C16H11NO4. The maximum Gasteiger partial charge on any atom is 0.335 e. The number of fused-ring (bicyclic) bond motifs is 1. The molecule has 5 nitrogen and oxygen atoms in total. The van der Waals surface area contributed by atoms with Crippen LogP contribution in [0.1, 0.15) is 10.4 Å². The number of pyridine rings is 1. The number of carbonyl (C=O) groups is 1. The van der Waals surface area contributed by atoms with Crippen molar-refractivity contribution in [2.24, 2.45) is 0 Å². The van der Waals surface area contributed by atoms with Crippen molar-refractivity contribution in [3.63, 3.8) is 0 Å². The summed E-state index contributed by atoms with van der Waals surface area (Å²) in [7, 11) is 0. The number of carboxylic acid groups (broad SMARTS) is 1. The van der Waals surface area contributed by atoms with E-state index in [1.165, 1.54) is 18.2 Å². The molecule has 0 amide bonds. The number of para-hydroxylation sites is 1. The van der Waals surface area contributed by atoms with Gasteiger partial charge in [-0.1, -0.05) is 18.2 Å². The van der Waals surface area contributed by atoms with Crippen LogP contribution in [0.15, 0.2) is 59.4 Å². The molecule has 21 heavy (non-hydrogen) atoms. The fraction of sp³-hybridized carbons (Fsp3) is 0. The van der Waals surface area contributed by atoms with Crippen LogP contribution >= 0.6 is 0 Å². The van der Waals surface area contributed by atoms with E-state index in [-0.39, 0.29) is 11.1 Å². The number of aromatic carboxylic acids is 1. The lowest BCUT2D eigenvalue weighted by molar-refractivity contribution is 0.0696. The van der Waals surface area contributed by atoms with Crippen LogP contribution in [0.3, 0.4) is 0 Å². The first-order valence-corrected chi connectivity index (χ1v) is 6.27. The van der Waals surface area contributed by atoms with Gasteiger partial charge in [0.15, 0.2) is 0 Å². The molecule has 0 unspecified atom stereocenters. The minimum Gasteiger partial charge on any atom is -0.478 e. The molecule has 0 aliphatic rings. The van der Waals surface area contributed by atoms with Crippen molar-refractivity contribution in [2.45, 2.75) is 0 Å². The number of aromatic amines is 1. The summed E-state index contributed by atoms with van der Waals surface area (Å²) in [5.74, 6) is -0.112. The molecule has 0 aliphatic heterocycles. The van der Waals surface area contributed by atoms with Crippen molar-refractivity contribution < 1.29 is 14.6 Å². The highest BCUT2D eigenvalue weighted by Crippen LogP contribution is 2.30. The third-order valence-electron chi connectivity index (χ3n) is 3.02. The van der Waals surface area contributed by atoms with E-state index in [2.05, 4.69) is 4.98 Å². The summed E-state index contributed by atoms with van der Waals surface area (Å²) in [6, 6.07) is 14.9. The van der Waals surface area contributed by atoms with Crippen LogP contribution in [0.4, 0.5) is 0 Å². The highest BCUT2D eigenvalue weighted by atomic mass is 16.5. The molecule has 0 atom stereocenters. The van der Waals surface area contributed by atoms with E-state index in [0.29, 0.717) is 22.4 Å². The lowest BCUT2D eigenvalue weighted by Crippen LogP contribution is -2.05. The smallest absolute Gasteiger partial charge is 0.335 e. The van der Waals surface area contributed by atoms with Gasteiger partial charge in [0.2, 0.25) is 5.56 Å². The van der Waals surface area contributed by atoms with Gasteiger partial charge in [0, 0.05) is 11.5 Å². The van der Waals surface area contributed by atoms with Crippen molar-refractivity contribution >= 4 is 16.9 Å². The molecule has 0 saturated heterocycles. The first-order chi connectivity index (χ1) is 10.1. The molecule has 0 bridgehead atoms. The van der Waals surface area contributed by atoms with E-state index in [1.807, 2.05) is 18.2 Å². The van der Waals surface area contributed by atoms with Crippen molar-refractivity contribution in [1.29, 1.82) is 0 Å². The molecule has 5 heteroatoms. The minimum atomic E-state index is -1.08. The highest BCUT2D eigenvalue weighted by Gasteiger charge is 2.11. The van der Waals surface area contributed by atoms with E-state index in [1.54, 1.807) is 18.2 Å². The van der Waals surface area contributed by atoms with E-state index >= 15 is 0 Å². The Morgan fingerprint density at radius 3 is 2.52 bits per heavy atom. The fourth-order valence-corrected chi connectivity index (χ4v) is 2.06. The van der Waals surface area contributed by atoms with Gasteiger partial charge >= 0.3 is 5.97 Å². The predicted molar refractivity (Wildman–Crippen MR) is 78.0 cm³/mol. The zero-order chi connectivity index (χ0) is 14.8. The van der Waals surface area contributed by atoms with Crippen molar-refractivity contribution in [3.05, 3.63) is 70.5 Å². The maximum atomic E-state index is 11.4. The average Bonchev–Trinajstić information content (AvgIpc) is 2.47. The Morgan fingerprint density at radius 2 is 1.81 bits per heavy atom. The van der Waals surface area contributed by atoms with Gasteiger partial charge in [-0.2, -0.15) is 0 Å². The van der Waals surface area contributed by atoms with Crippen LogP contribution in [-0.2, 0) is 0 Å². The molecule has 1 heterocycles. The summed E-state index contributed by atoms with van der Waals surface area (Å²) in [6.07, 6.45) is 0. The van der Waals surface area contributed by atoms with Crippen LogP contribution < -0.4 is 10.3 Å².